The number of esters is 1. The maximum atomic E-state index is 11.9. The lowest BCUT2D eigenvalue weighted by Crippen LogP contribution is -2.34. The molecular formula is C17H17Cl2NO5. The van der Waals surface area contributed by atoms with E-state index in [-0.39, 0.29) is 11.1 Å². The first-order chi connectivity index (χ1) is 11.9. The predicted octanol–water partition coefficient (Wildman–Crippen LogP) is 3.77. The van der Waals surface area contributed by atoms with Crippen LogP contribution in [0.3, 0.4) is 0 Å². The first-order valence-electron chi connectivity index (χ1n) is 7.48. The molecule has 0 saturated carbocycles. The van der Waals surface area contributed by atoms with Gasteiger partial charge in [-0.2, -0.15) is 0 Å². The molecule has 1 aromatic heterocycles. The highest BCUT2D eigenvalue weighted by Gasteiger charge is 2.20. The average Bonchev–Trinajstić information content (AvgIpc) is 3.09. The van der Waals surface area contributed by atoms with Gasteiger partial charge in [0.2, 0.25) is 0 Å². The Bertz CT molecular complexity index is 733. The molecule has 0 aliphatic heterocycles. The van der Waals surface area contributed by atoms with Gasteiger partial charge in [-0.3, -0.25) is 4.79 Å². The summed E-state index contributed by atoms with van der Waals surface area (Å²) in [6, 6.07) is 7.76. The number of halogens is 2. The highest BCUT2D eigenvalue weighted by atomic mass is 35.5. The highest BCUT2D eigenvalue weighted by molar-refractivity contribution is 6.35. The number of furan rings is 1. The lowest BCUT2D eigenvalue weighted by molar-refractivity contribution is -0.154. The molecule has 2 aromatic rings. The van der Waals surface area contributed by atoms with Crippen LogP contribution in [-0.2, 0) is 14.3 Å². The lowest BCUT2D eigenvalue weighted by atomic mass is 10.2. The Balaban J connectivity index is 1.79. The molecule has 0 spiro atoms. The molecule has 25 heavy (non-hydrogen) atoms. The van der Waals surface area contributed by atoms with Crippen molar-refractivity contribution in [2.24, 2.45) is 0 Å². The summed E-state index contributed by atoms with van der Waals surface area (Å²) in [7, 11) is 0. The SMILES string of the molecule is C[C@@H](Oc1ccc(Cl)cc1Cl)C(=O)OCC(=O)N[C@H](C)c1ccco1. The van der Waals surface area contributed by atoms with Crippen LogP contribution in [0.15, 0.2) is 41.0 Å². The van der Waals surface area contributed by atoms with E-state index >= 15 is 0 Å². The lowest BCUT2D eigenvalue weighted by Gasteiger charge is -2.16. The number of benzene rings is 1. The van der Waals surface area contributed by atoms with E-state index < -0.39 is 24.6 Å². The zero-order chi connectivity index (χ0) is 18.4. The Kier molecular flexibility index (Phi) is 6.73. The number of hydrogen-bond acceptors (Lipinski definition) is 5. The quantitative estimate of drug-likeness (QED) is 0.733. The maximum Gasteiger partial charge on any atom is 0.347 e. The van der Waals surface area contributed by atoms with Crippen LogP contribution in [0.5, 0.6) is 5.75 Å². The zero-order valence-electron chi connectivity index (χ0n) is 13.6. The van der Waals surface area contributed by atoms with Crippen LogP contribution in [0, 0.1) is 0 Å². The van der Waals surface area contributed by atoms with Gasteiger partial charge in [-0.25, -0.2) is 4.79 Å². The molecule has 0 fully saturated rings. The maximum absolute atomic E-state index is 11.9. The van der Waals surface area contributed by atoms with Crippen molar-refractivity contribution in [1.82, 2.24) is 5.32 Å². The first kappa shape index (κ1) is 19.1. The molecule has 0 radical (unpaired) electrons. The van der Waals surface area contributed by atoms with Crippen LogP contribution in [0.4, 0.5) is 0 Å². The summed E-state index contributed by atoms with van der Waals surface area (Å²) < 4.78 is 15.5. The van der Waals surface area contributed by atoms with Crippen molar-refractivity contribution in [3.05, 3.63) is 52.4 Å². The van der Waals surface area contributed by atoms with Crippen molar-refractivity contribution in [2.45, 2.75) is 26.0 Å². The summed E-state index contributed by atoms with van der Waals surface area (Å²) in [6.45, 7) is 2.83. The van der Waals surface area contributed by atoms with Crippen LogP contribution < -0.4 is 10.1 Å². The fourth-order valence-electron chi connectivity index (χ4n) is 1.96. The number of carbonyl (C=O) groups excluding carboxylic acids is 2. The van der Waals surface area contributed by atoms with Crippen molar-refractivity contribution in [3.63, 3.8) is 0 Å². The van der Waals surface area contributed by atoms with E-state index in [1.807, 2.05) is 0 Å². The molecule has 134 valence electrons. The van der Waals surface area contributed by atoms with E-state index in [2.05, 4.69) is 5.32 Å². The second kappa shape index (κ2) is 8.78. The van der Waals surface area contributed by atoms with Crippen LogP contribution in [0.25, 0.3) is 0 Å². The number of carbonyl (C=O) groups is 2. The minimum atomic E-state index is -0.936. The third kappa shape index (κ3) is 5.69. The molecule has 0 saturated heterocycles. The molecule has 1 amide bonds. The van der Waals surface area contributed by atoms with E-state index in [4.69, 9.17) is 37.1 Å². The summed E-state index contributed by atoms with van der Waals surface area (Å²) in [5, 5.41) is 3.38. The van der Waals surface area contributed by atoms with Gasteiger partial charge < -0.3 is 19.2 Å². The van der Waals surface area contributed by atoms with Gasteiger partial charge in [0.1, 0.15) is 11.5 Å². The number of rotatable bonds is 7. The van der Waals surface area contributed by atoms with Gasteiger partial charge in [-0.1, -0.05) is 23.2 Å². The van der Waals surface area contributed by atoms with Crippen LogP contribution >= 0.6 is 23.2 Å². The summed E-state index contributed by atoms with van der Waals surface area (Å²) >= 11 is 11.8. The van der Waals surface area contributed by atoms with Crippen LogP contribution in [-0.4, -0.2) is 24.6 Å². The molecule has 2 atom stereocenters. The molecule has 6 nitrogen and oxygen atoms in total. The second-order valence-corrected chi connectivity index (χ2v) is 6.09. The third-order valence-corrected chi connectivity index (χ3v) is 3.75. The molecule has 2 rings (SSSR count). The Labute approximate surface area is 155 Å². The van der Waals surface area contributed by atoms with E-state index in [0.717, 1.165) is 0 Å². The topological polar surface area (TPSA) is 77.8 Å². The van der Waals surface area contributed by atoms with Gasteiger partial charge in [-0.15, -0.1) is 0 Å². The minimum absolute atomic E-state index is 0.275. The van der Waals surface area contributed by atoms with Crippen LogP contribution in [0.2, 0.25) is 10.0 Å². The number of ether oxygens (including phenoxy) is 2. The fraction of sp³-hybridized carbons (Fsp3) is 0.294. The monoisotopic (exact) mass is 385 g/mol. The van der Waals surface area contributed by atoms with Gasteiger partial charge in [0.15, 0.2) is 12.7 Å². The highest BCUT2D eigenvalue weighted by Crippen LogP contribution is 2.28. The van der Waals surface area contributed by atoms with E-state index in [1.54, 1.807) is 31.2 Å². The van der Waals surface area contributed by atoms with Crippen molar-refractivity contribution in [1.29, 1.82) is 0 Å². The number of hydrogen-bond donors (Lipinski definition) is 1. The van der Waals surface area contributed by atoms with Gasteiger partial charge in [0.05, 0.1) is 17.3 Å². The summed E-state index contributed by atoms with van der Waals surface area (Å²) in [6.07, 6.45) is 0.577. The summed E-state index contributed by atoms with van der Waals surface area (Å²) in [5.41, 5.74) is 0. The predicted molar refractivity (Wildman–Crippen MR) is 92.8 cm³/mol. The molecule has 0 unspecified atom stereocenters. The van der Waals surface area contributed by atoms with E-state index in [0.29, 0.717) is 16.5 Å². The molecule has 0 bridgehead atoms. The largest absolute Gasteiger partial charge is 0.477 e. The number of nitrogens with one attached hydrogen (secondary N) is 1. The minimum Gasteiger partial charge on any atom is -0.477 e. The molecule has 0 aliphatic carbocycles. The van der Waals surface area contributed by atoms with Crippen molar-refractivity contribution in [3.8, 4) is 5.75 Å². The van der Waals surface area contributed by atoms with Crippen LogP contribution in [0.1, 0.15) is 25.6 Å². The Hall–Kier alpha value is -2.18. The van der Waals surface area contributed by atoms with Gasteiger partial charge in [0, 0.05) is 5.02 Å². The molecule has 8 heteroatoms. The average molecular weight is 386 g/mol. The first-order valence-corrected chi connectivity index (χ1v) is 8.23. The second-order valence-electron chi connectivity index (χ2n) is 5.25. The van der Waals surface area contributed by atoms with Gasteiger partial charge in [0.25, 0.3) is 5.91 Å². The number of amides is 1. The van der Waals surface area contributed by atoms with Gasteiger partial charge in [-0.05, 0) is 44.2 Å². The van der Waals surface area contributed by atoms with Gasteiger partial charge >= 0.3 is 5.97 Å². The molecule has 1 heterocycles. The smallest absolute Gasteiger partial charge is 0.347 e. The summed E-state index contributed by atoms with van der Waals surface area (Å²) in [4.78, 5) is 23.7. The summed E-state index contributed by atoms with van der Waals surface area (Å²) in [5.74, 6) is -0.235. The Morgan fingerprint density at radius 1 is 1.24 bits per heavy atom. The van der Waals surface area contributed by atoms with Crippen molar-refractivity contribution >= 4 is 35.1 Å². The Morgan fingerprint density at radius 3 is 2.64 bits per heavy atom. The Morgan fingerprint density at radius 2 is 2.00 bits per heavy atom. The zero-order valence-corrected chi connectivity index (χ0v) is 15.1. The van der Waals surface area contributed by atoms with E-state index in [1.165, 1.54) is 19.3 Å². The standard InChI is InChI=1S/C17H17Cl2NO5/c1-10(14-4-3-7-23-14)20-16(21)9-24-17(22)11(2)25-15-6-5-12(18)8-13(15)19/h3-8,10-11H,9H2,1-2H3,(H,20,21)/t10-,11-/m1/s1. The molecular weight excluding hydrogens is 369 g/mol. The molecule has 1 aromatic carbocycles. The van der Waals surface area contributed by atoms with Crippen molar-refractivity contribution < 1.29 is 23.5 Å². The van der Waals surface area contributed by atoms with Crippen molar-refractivity contribution in [2.75, 3.05) is 6.61 Å². The normalized spacial score (nSPS) is 13.0. The van der Waals surface area contributed by atoms with E-state index in [9.17, 15) is 9.59 Å². The molecule has 1 N–H and O–H groups in total. The third-order valence-electron chi connectivity index (χ3n) is 3.22. The fourth-order valence-corrected chi connectivity index (χ4v) is 2.41. The molecule has 0 aliphatic rings.